The van der Waals surface area contributed by atoms with E-state index in [1.54, 1.807) is 0 Å². The minimum absolute atomic E-state index is 0.831. The number of para-hydroxylation sites is 3. The molecule has 0 N–H and O–H groups in total. The van der Waals surface area contributed by atoms with Crippen LogP contribution in [-0.4, -0.2) is 9.38 Å². The molecule has 8 rings (SSSR count). The Balaban J connectivity index is 1.63. The number of nitrogens with zero attached hydrogens (tertiary/aromatic N) is 2. The fourth-order valence-electron chi connectivity index (χ4n) is 6.12. The van der Waals surface area contributed by atoms with E-state index in [9.17, 15) is 0 Å². The standard InChI is InChI=1S/C35H23N2OP/c38-39(25-13-3-1-4-14-25,26-15-5-2-6-16-26)32-21-11-12-24-22-23-28-34(33(24)32)27-17-7-9-19-30(27)37-31-20-10-8-18-29(31)36-35(28)37/h1-23H. The molecule has 0 radical (unpaired) electrons. The Morgan fingerprint density at radius 1 is 0.513 bits per heavy atom. The first-order chi connectivity index (χ1) is 19.2. The minimum Gasteiger partial charge on any atom is -0.309 e. The summed E-state index contributed by atoms with van der Waals surface area (Å²) >= 11 is 0. The van der Waals surface area contributed by atoms with Gasteiger partial charge in [-0.2, -0.15) is 0 Å². The van der Waals surface area contributed by atoms with Crippen LogP contribution in [0, 0.1) is 0 Å². The highest BCUT2D eigenvalue weighted by molar-refractivity contribution is 7.85. The summed E-state index contributed by atoms with van der Waals surface area (Å²) in [6.45, 7) is 0. The molecular formula is C35H23N2OP. The first kappa shape index (κ1) is 22.3. The van der Waals surface area contributed by atoms with Crippen LogP contribution >= 0.6 is 7.14 Å². The van der Waals surface area contributed by atoms with Gasteiger partial charge < -0.3 is 4.57 Å². The highest BCUT2D eigenvalue weighted by Crippen LogP contribution is 2.46. The molecule has 0 atom stereocenters. The van der Waals surface area contributed by atoms with E-state index in [0.29, 0.717) is 0 Å². The molecule has 0 spiro atoms. The van der Waals surface area contributed by atoms with Crippen LogP contribution < -0.4 is 15.9 Å². The van der Waals surface area contributed by atoms with Crippen LogP contribution in [0.4, 0.5) is 0 Å². The first-order valence-corrected chi connectivity index (χ1v) is 14.8. The van der Waals surface area contributed by atoms with Crippen molar-refractivity contribution >= 4 is 72.2 Å². The number of benzene rings is 6. The maximum absolute atomic E-state index is 15.6. The lowest BCUT2D eigenvalue weighted by Crippen LogP contribution is -2.25. The van der Waals surface area contributed by atoms with Crippen molar-refractivity contribution in [1.29, 1.82) is 0 Å². The molecule has 6 aromatic carbocycles. The van der Waals surface area contributed by atoms with Gasteiger partial charge in [0.05, 0.1) is 16.6 Å². The third-order valence-corrected chi connectivity index (χ3v) is 10.9. The predicted octanol–water partition coefficient (Wildman–Crippen LogP) is 7.59. The molecule has 0 saturated carbocycles. The van der Waals surface area contributed by atoms with Crippen LogP contribution in [0.5, 0.6) is 0 Å². The monoisotopic (exact) mass is 518 g/mol. The average Bonchev–Trinajstić information content (AvgIpc) is 3.41. The molecule has 2 heterocycles. The van der Waals surface area contributed by atoms with Gasteiger partial charge in [-0.15, -0.1) is 0 Å². The van der Waals surface area contributed by atoms with Crippen LogP contribution in [0.25, 0.3) is 49.1 Å². The highest BCUT2D eigenvalue weighted by atomic mass is 31.2. The van der Waals surface area contributed by atoms with Crippen molar-refractivity contribution in [2.45, 2.75) is 0 Å². The lowest BCUT2D eigenvalue weighted by molar-refractivity contribution is 0.592. The molecule has 184 valence electrons. The van der Waals surface area contributed by atoms with Crippen molar-refractivity contribution < 1.29 is 4.57 Å². The molecule has 8 aromatic rings. The van der Waals surface area contributed by atoms with Gasteiger partial charge in [-0.05, 0) is 29.7 Å². The maximum Gasteiger partial charge on any atom is 0.171 e. The van der Waals surface area contributed by atoms with Gasteiger partial charge >= 0.3 is 0 Å². The van der Waals surface area contributed by atoms with Crippen molar-refractivity contribution in [3.8, 4) is 0 Å². The van der Waals surface area contributed by atoms with Gasteiger partial charge in [0.2, 0.25) is 0 Å². The van der Waals surface area contributed by atoms with Crippen molar-refractivity contribution in [2.24, 2.45) is 0 Å². The number of imidazole rings is 1. The SMILES string of the molecule is O=P(c1ccccc1)(c1ccccc1)c1cccc2ccc3c(c4ccccc4n4c5ccccc5nc34)c12. The third-order valence-electron chi connectivity index (χ3n) is 7.82. The Labute approximate surface area is 225 Å². The number of hydrogen-bond donors (Lipinski definition) is 0. The molecule has 4 heteroatoms. The summed E-state index contributed by atoms with van der Waals surface area (Å²) in [5.41, 5.74) is 4.04. The maximum atomic E-state index is 15.6. The van der Waals surface area contributed by atoms with E-state index in [-0.39, 0.29) is 0 Å². The average molecular weight is 519 g/mol. The Morgan fingerprint density at radius 2 is 1.15 bits per heavy atom. The van der Waals surface area contributed by atoms with E-state index in [4.69, 9.17) is 4.98 Å². The molecule has 0 aliphatic carbocycles. The smallest absolute Gasteiger partial charge is 0.171 e. The Kier molecular flexibility index (Phi) is 4.79. The van der Waals surface area contributed by atoms with Gasteiger partial charge in [0.25, 0.3) is 0 Å². The van der Waals surface area contributed by atoms with E-state index in [2.05, 4.69) is 71.1 Å². The Morgan fingerprint density at radius 3 is 1.90 bits per heavy atom. The zero-order valence-electron chi connectivity index (χ0n) is 21.0. The quantitative estimate of drug-likeness (QED) is 0.178. The zero-order chi connectivity index (χ0) is 26.0. The first-order valence-electron chi connectivity index (χ1n) is 13.1. The molecule has 0 saturated heterocycles. The fraction of sp³-hybridized carbons (Fsp3) is 0. The largest absolute Gasteiger partial charge is 0.309 e. The molecule has 0 amide bonds. The molecule has 0 bridgehead atoms. The molecule has 0 aliphatic heterocycles. The van der Waals surface area contributed by atoms with Crippen LogP contribution in [0.2, 0.25) is 0 Å². The third kappa shape index (κ3) is 3.11. The summed E-state index contributed by atoms with van der Waals surface area (Å²) in [4.78, 5) is 5.10. The molecule has 39 heavy (non-hydrogen) atoms. The van der Waals surface area contributed by atoms with Gasteiger partial charge in [-0.25, -0.2) is 4.98 Å². The van der Waals surface area contributed by atoms with Crippen molar-refractivity contribution in [2.75, 3.05) is 0 Å². The number of hydrogen-bond acceptors (Lipinski definition) is 2. The van der Waals surface area contributed by atoms with Crippen molar-refractivity contribution in [1.82, 2.24) is 9.38 Å². The molecule has 3 nitrogen and oxygen atoms in total. The van der Waals surface area contributed by atoms with Crippen molar-refractivity contribution in [3.05, 3.63) is 140 Å². The number of rotatable bonds is 3. The number of fused-ring (bicyclic) bond motifs is 10. The van der Waals surface area contributed by atoms with E-state index in [1.165, 1.54) is 0 Å². The van der Waals surface area contributed by atoms with Gasteiger partial charge in [0.15, 0.2) is 7.14 Å². The van der Waals surface area contributed by atoms with Crippen LogP contribution in [0.15, 0.2) is 140 Å². The summed E-state index contributed by atoms with van der Waals surface area (Å²) in [5, 5.41) is 7.87. The number of pyridine rings is 1. The second-order valence-corrected chi connectivity index (χ2v) is 12.7. The zero-order valence-corrected chi connectivity index (χ0v) is 21.9. The second-order valence-electron chi connectivity index (χ2n) is 9.92. The molecule has 0 fully saturated rings. The summed E-state index contributed by atoms with van der Waals surface area (Å²) < 4.78 is 17.9. The fourth-order valence-corrected chi connectivity index (χ4v) is 9.01. The van der Waals surface area contributed by atoms with Crippen LogP contribution in [-0.2, 0) is 4.57 Å². The molecule has 0 unspecified atom stereocenters. The summed E-state index contributed by atoms with van der Waals surface area (Å²) in [7, 11) is -3.22. The second kappa shape index (κ2) is 8.39. The lowest BCUT2D eigenvalue weighted by Gasteiger charge is -2.23. The van der Waals surface area contributed by atoms with E-state index in [0.717, 1.165) is 65.0 Å². The van der Waals surface area contributed by atoms with Gasteiger partial charge in [0, 0.05) is 37.5 Å². The van der Waals surface area contributed by atoms with E-state index in [1.807, 2.05) is 72.8 Å². The van der Waals surface area contributed by atoms with E-state index >= 15 is 4.57 Å². The topological polar surface area (TPSA) is 34.4 Å². The number of aromatic nitrogens is 2. The minimum atomic E-state index is -3.22. The molecule has 2 aromatic heterocycles. The van der Waals surface area contributed by atoms with Crippen molar-refractivity contribution in [3.63, 3.8) is 0 Å². The normalized spacial score (nSPS) is 12.2. The Hall–Kier alpha value is -4.72. The van der Waals surface area contributed by atoms with Gasteiger partial charge in [-0.1, -0.05) is 115 Å². The summed E-state index contributed by atoms with van der Waals surface area (Å²) in [5.74, 6) is 0. The van der Waals surface area contributed by atoms with Gasteiger partial charge in [0.1, 0.15) is 5.65 Å². The van der Waals surface area contributed by atoms with E-state index < -0.39 is 7.14 Å². The van der Waals surface area contributed by atoms with Gasteiger partial charge in [-0.3, -0.25) is 4.40 Å². The Bertz CT molecular complexity index is 2210. The van der Waals surface area contributed by atoms with Crippen LogP contribution in [0.1, 0.15) is 0 Å². The molecular weight excluding hydrogens is 495 g/mol. The predicted molar refractivity (Wildman–Crippen MR) is 165 cm³/mol. The van der Waals surface area contributed by atoms with Crippen LogP contribution in [0.3, 0.4) is 0 Å². The summed E-state index contributed by atoms with van der Waals surface area (Å²) in [6, 6.07) is 47.2. The summed E-state index contributed by atoms with van der Waals surface area (Å²) in [6.07, 6.45) is 0. The lowest BCUT2D eigenvalue weighted by atomic mass is 9.99. The highest BCUT2D eigenvalue weighted by Gasteiger charge is 2.32. The molecule has 0 aliphatic rings.